The average Bonchev–Trinajstić information content (AvgIpc) is 2.99. The zero-order valence-corrected chi connectivity index (χ0v) is 20.3. The molecule has 2 aromatic carbocycles. The first-order valence-corrected chi connectivity index (χ1v) is 11.4. The van der Waals surface area contributed by atoms with Gasteiger partial charge in [-0.1, -0.05) is 19.1 Å². The van der Waals surface area contributed by atoms with Crippen molar-refractivity contribution in [3.05, 3.63) is 59.2 Å². The molecule has 0 radical (unpaired) electrons. The van der Waals surface area contributed by atoms with Crippen molar-refractivity contribution < 1.29 is 27.5 Å². The van der Waals surface area contributed by atoms with E-state index in [0.717, 1.165) is 17.0 Å². The van der Waals surface area contributed by atoms with Gasteiger partial charge in [0.25, 0.3) is 5.91 Å². The number of hydrogen-bond acceptors (Lipinski definition) is 5. The summed E-state index contributed by atoms with van der Waals surface area (Å²) in [5.74, 6) is 0.0873. The quantitative estimate of drug-likeness (QED) is 0.275. The topological polar surface area (TPSA) is 73.6 Å². The van der Waals surface area contributed by atoms with Crippen molar-refractivity contribution in [2.45, 2.75) is 45.3 Å². The first kappa shape index (κ1) is 26.2. The monoisotopic (exact) mass is 503 g/mol. The van der Waals surface area contributed by atoms with Crippen LogP contribution in [0.5, 0.6) is 5.75 Å². The number of alkyl halides is 3. The van der Waals surface area contributed by atoms with Crippen LogP contribution in [0.1, 0.15) is 55.1 Å². The highest BCUT2D eigenvalue weighted by Crippen LogP contribution is 2.37. The zero-order valence-electron chi connectivity index (χ0n) is 19.5. The highest BCUT2D eigenvalue weighted by Gasteiger charge is 2.49. The smallest absolute Gasteiger partial charge is 0.417 e. The summed E-state index contributed by atoms with van der Waals surface area (Å²) in [5.41, 5.74) is -2.22. The number of ether oxygens (including phenoxy) is 1. The van der Waals surface area contributed by atoms with E-state index >= 15 is 0 Å². The minimum absolute atomic E-state index is 0.00898. The lowest BCUT2D eigenvalue weighted by Gasteiger charge is -2.29. The molecule has 1 aliphatic heterocycles. The van der Waals surface area contributed by atoms with Crippen LogP contribution in [-0.2, 0) is 11.0 Å². The van der Waals surface area contributed by atoms with Crippen molar-refractivity contribution in [2.75, 3.05) is 18.1 Å². The van der Waals surface area contributed by atoms with Crippen LogP contribution in [0.4, 0.5) is 18.9 Å². The van der Waals surface area contributed by atoms with Crippen LogP contribution in [0, 0.1) is 11.3 Å². The lowest BCUT2D eigenvalue weighted by atomic mass is 10.0. The van der Waals surface area contributed by atoms with Gasteiger partial charge < -0.3 is 9.64 Å². The molecular weight excluding hydrogens is 479 g/mol. The second-order valence-corrected chi connectivity index (χ2v) is 8.84. The molecule has 1 heterocycles. The minimum atomic E-state index is -4.75. The number of carbonyl (C=O) groups is 2. The highest BCUT2D eigenvalue weighted by molar-refractivity contribution is 7.80. The van der Waals surface area contributed by atoms with E-state index in [9.17, 15) is 22.8 Å². The number of amides is 1. The Hall–Kier alpha value is -3.45. The van der Waals surface area contributed by atoms with Crippen molar-refractivity contribution in [3.63, 3.8) is 0 Å². The third-order valence-corrected chi connectivity index (χ3v) is 6.19. The Morgan fingerprint density at radius 1 is 1.20 bits per heavy atom. The van der Waals surface area contributed by atoms with Gasteiger partial charge in [0.05, 0.1) is 29.5 Å². The zero-order chi connectivity index (χ0) is 26.0. The van der Waals surface area contributed by atoms with E-state index in [1.807, 2.05) is 0 Å². The Balaban J connectivity index is 1.73. The Morgan fingerprint density at radius 2 is 1.91 bits per heavy atom. The van der Waals surface area contributed by atoms with Gasteiger partial charge in [0.15, 0.2) is 10.9 Å². The fourth-order valence-electron chi connectivity index (χ4n) is 3.82. The third kappa shape index (κ3) is 5.30. The molecule has 0 bridgehead atoms. The summed E-state index contributed by atoms with van der Waals surface area (Å²) in [5, 5.41) is 9.11. The Morgan fingerprint density at radius 3 is 2.54 bits per heavy atom. The second-order valence-electron chi connectivity index (χ2n) is 8.48. The standard InChI is InChI=1S/C25H24F3N3O3S/c1-4-21(32)16-7-5-8-19(13-16)34-12-6-11-30-23(35)31(22(33)24(30,2)3)18-10-9-17(15-29)20(14-18)25(26,27)28/h5,7-10,13-14H,4,6,11-12H2,1-3H3. The molecule has 3 rings (SSSR count). The molecule has 1 saturated heterocycles. The highest BCUT2D eigenvalue weighted by atomic mass is 32.1. The van der Waals surface area contributed by atoms with E-state index < -0.39 is 28.7 Å². The van der Waals surface area contributed by atoms with Gasteiger partial charge >= 0.3 is 6.18 Å². The number of halogens is 3. The van der Waals surface area contributed by atoms with Gasteiger partial charge in [-0.2, -0.15) is 18.4 Å². The molecule has 0 aromatic heterocycles. The molecule has 0 atom stereocenters. The molecule has 10 heteroatoms. The van der Waals surface area contributed by atoms with Gasteiger partial charge in [0.1, 0.15) is 11.3 Å². The number of nitriles is 1. The number of thiocarbonyl (C=S) groups is 1. The number of ketones is 1. The third-order valence-electron chi connectivity index (χ3n) is 5.78. The first-order chi connectivity index (χ1) is 16.4. The maximum atomic E-state index is 13.4. The molecule has 184 valence electrons. The molecule has 0 unspecified atom stereocenters. The summed E-state index contributed by atoms with van der Waals surface area (Å²) in [4.78, 5) is 27.7. The van der Waals surface area contributed by atoms with Gasteiger partial charge in [0, 0.05) is 18.5 Å². The van der Waals surface area contributed by atoms with Crippen molar-refractivity contribution in [2.24, 2.45) is 0 Å². The lowest BCUT2D eigenvalue weighted by Crippen LogP contribution is -2.44. The number of Topliss-reactive ketones (excluding diaryl/α,β-unsaturated/α-hetero) is 1. The summed E-state index contributed by atoms with van der Waals surface area (Å²) in [6, 6.07) is 11.5. The molecule has 2 aromatic rings. The molecule has 0 saturated carbocycles. The number of nitrogens with zero attached hydrogens (tertiary/aromatic N) is 3. The maximum Gasteiger partial charge on any atom is 0.417 e. The predicted molar refractivity (Wildman–Crippen MR) is 128 cm³/mol. The van der Waals surface area contributed by atoms with E-state index in [1.165, 1.54) is 12.1 Å². The summed E-state index contributed by atoms with van der Waals surface area (Å²) in [7, 11) is 0. The van der Waals surface area contributed by atoms with Crippen LogP contribution in [0.15, 0.2) is 42.5 Å². The number of hydrogen-bond donors (Lipinski definition) is 0. The first-order valence-electron chi connectivity index (χ1n) is 11.0. The van der Waals surface area contributed by atoms with Gasteiger partial charge in [0.2, 0.25) is 0 Å². The number of anilines is 1. The normalized spacial score (nSPS) is 15.3. The van der Waals surface area contributed by atoms with Gasteiger partial charge in [-0.15, -0.1) is 0 Å². The van der Waals surface area contributed by atoms with E-state index in [1.54, 1.807) is 49.9 Å². The van der Waals surface area contributed by atoms with Gasteiger partial charge in [-0.25, -0.2) is 0 Å². The molecule has 35 heavy (non-hydrogen) atoms. The minimum Gasteiger partial charge on any atom is -0.494 e. The fraction of sp³-hybridized carbons (Fsp3) is 0.360. The van der Waals surface area contributed by atoms with Crippen molar-refractivity contribution in [3.8, 4) is 11.8 Å². The number of rotatable bonds is 8. The summed E-state index contributed by atoms with van der Waals surface area (Å²) in [6.45, 7) is 5.68. The molecule has 6 nitrogen and oxygen atoms in total. The second kappa shape index (κ2) is 10.0. The van der Waals surface area contributed by atoms with Crippen LogP contribution in [-0.4, -0.2) is 40.4 Å². The van der Waals surface area contributed by atoms with Crippen molar-refractivity contribution in [1.82, 2.24) is 4.90 Å². The largest absolute Gasteiger partial charge is 0.494 e. The van der Waals surface area contributed by atoms with Crippen LogP contribution in [0.3, 0.4) is 0 Å². The molecule has 1 fully saturated rings. The summed E-state index contributed by atoms with van der Waals surface area (Å²) in [6.07, 6.45) is -3.89. The Labute approximate surface area is 206 Å². The predicted octanol–water partition coefficient (Wildman–Crippen LogP) is 5.35. The Kier molecular flexibility index (Phi) is 7.50. The fourth-order valence-corrected chi connectivity index (χ4v) is 4.33. The van der Waals surface area contributed by atoms with Gasteiger partial charge in [-0.05, 0) is 62.8 Å². The van der Waals surface area contributed by atoms with Crippen LogP contribution in [0.25, 0.3) is 0 Å². The maximum absolute atomic E-state index is 13.4. The summed E-state index contributed by atoms with van der Waals surface area (Å²) < 4.78 is 46.0. The summed E-state index contributed by atoms with van der Waals surface area (Å²) >= 11 is 5.48. The van der Waals surface area contributed by atoms with E-state index in [0.29, 0.717) is 30.7 Å². The SMILES string of the molecule is CCC(=O)c1cccc(OCCCN2C(=S)N(c3ccc(C#N)c(C(F)(F)F)c3)C(=O)C2(C)C)c1. The molecule has 1 aliphatic rings. The molecule has 0 aliphatic carbocycles. The molecule has 1 amide bonds. The van der Waals surface area contributed by atoms with Crippen LogP contribution < -0.4 is 9.64 Å². The van der Waals surface area contributed by atoms with E-state index in [2.05, 4.69) is 0 Å². The number of carbonyl (C=O) groups excluding carboxylic acids is 2. The van der Waals surface area contributed by atoms with Crippen LogP contribution in [0.2, 0.25) is 0 Å². The van der Waals surface area contributed by atoms with Crippen LogP contribution >= 0.6 is 12.2 Å². The molecule has 0 N–H and O–H groups in total. The van der Waals surface area contributed by atoms with Gasteiger partial charge in [-0.3, -0.25) is 14.5 Å². The number of benzene rings is 2. The van der Waals surface area contributed by atoms with E-state index in [4.69, 9.17) is 22.2 Å². The van der Waals surface area contributed by atoms with Crippen molar-refractivity contribution in [1.29, 1.82) is 5.26 Å². The molecular formula is C25H24F3N3O3S. The average molecular weight is 504 g/mol. The van der Waals surface area contributed by atoms with E-state index in [-0.39, 0.29) is 23.2 Å². The Bertz CT molecular complexity index is 1200. The van der Waals surface area contributed by atoms with Crippen molar-refractivity contribution >= 4 is 34.7 Å². The molecule has 0 spiro atoms. The lowest BCUT2D eigenvalue weighted by molar-refractivity contribution is -0.137.